The van der Waals surface area contributed by atoms with E-state index in [0.29, 0.717) is 11.0 Å². The first-order chi connectivity index (χ1) is 12.3. The van der Waals surface area contributed by atoms with E-state index in [0.717, 1.165) is 5.69 Å². The lowest BCUT2D eigenvalue weighted by molar-refractivity contribution is 0.461. The summed E-state index contributed by atoms with van der Waals surface area (Å²) in [7, 11) is 0. The van der Waals surface area contributed by atoms with Crippen molar-refractivity contribution in [1.82, 2.24) is 19.7 Å². The fraction of sp³-hybridized carbons (Fsp3) is 0. The zero-order chi connectivity index (χ0) is 17.2. The van der Waals surface area contributed by atoms with Crippen LogP contribution in [0, 0.1) is 17.1 Å². The minimum atomic E-state index is -0.648. The predicted molar refractivity (Wildman–Crippen MR) is 87.8 cm³/mol. The Kier molecular flexibility index (Phi) is 3.56. The molecule has 0 fully saturated rings. The summed E-state index contributed by atoms with van der Waals surface area (Å²) in [6.45, 7) is 0. The van der Waals surface area contributed by atoms with E-state index in [-0.39, 0.29) is 17.2 Å². The van der Waals surface area contributed by atoms with Crippen molar-refractivity contribution in [3.63, 3.8) is 0 Å². The Labute approximate surface area is 141 Å². The molecule has 2 aromatic carbocycles. The number of fused-ring (bicyclic) bond motifs is 1. The highest BCUT2D eigenvalue weighted by Crippen LogP contribution is 2.30. The Morgan fingerprint density at radius 1 is 1.04 bits per heavy atom. The highest BCUT2D eigenvalue weighted by atomic mass is 19.1. The molecule has 0 unspecified atom stereocenters. The van der Waals surface area contributed by atoms with E-state index in [2.05, 4.69) is 15.1 Å². The van der Waals surface area contributed by atoms with Gasteiger partial charge in [0.25, 0.3) is 0 Å². The second-order valence-electron chi connectivity index (χ2n) is 5.13. The molecule has 0 saturated heterocycles. The Morgan fingerprint density at radius 2 is 1.88 bits per heavy atom. The molecule has 0 radical (unpaired) electrons. The van der Waals surface area contributed by atoms with Crippen molar-refractivity contribution in [3.8, 4) is 23.4 Å². The van der Waals surface area contributed by atoms with Crippen LogP contribution in [0.4, 0.5) is 4.39 Å². The Bertz CT molecular complexity index is 1100. The van der Waals surface area contributed by atoms with Crippen LogP contribution in [-0.2, 0) is 0 Å². The summed E-state index contributed by atoms with van der Waals surface area (Å²) in [5.41, 5.74) is 1.21. The summed E-state index contributed by atoms with van der Waals surface area (Å²) < 4.78 is 21.1. The van der Waals surface area contributed by atoms with E-state index in [1.807, 2.05) is 30.3 Å². The fourth-order valence-electron chi connectivity index (χ4n) is 2.46. The number of para-hydroxylation sites is 1. The van der Waals surface area contributed by atoms with Crippen molar-refractivity contribution in [1.29, 1.82) is 5.26 Å². The van der Waals surface area contributed by atoms with Gasteiger partial charge in [0, 0.05) is 0 Å². The smallest absolute Gasteiger partial charge is 0.233 e. The predicted octanol–water partition coefficient (Wildman–Crippen LogP) is 3.62. The topological polar surface area (TPSA) is 76.6 Å². The van der Waals surface area contributed by atoms with Crippen LogP contribution in [-0.4, -0.2) is 19.7 Å². The molecule has 4 rings (SSSR count). The van der Waals surface area contributed by atoms with Gasteiger partial charge >= 0.3 is 0 Å². The van der Waals surface area contributed by atoms with Gasteiger partial charge in [-0.1, -0.05) is 24.3 Å². The van der Waals surface area contributed by atoms with Gasteiger partial charge in [-0.2, -0.15) is 10.4 Å². The number of aromatic nitrogens is 4. The first-order valence-corrected chi connectivity index (χ1v) is 7.38. The Balaban J connectivity index is 1.82. The lowest BCUT2D eigenvalue weighted by atomic mass is 10.2. The number of nitrogens with zero attached hydrogens (tertiary/aromatic N) is 5. The molecule has 0 saturated carbocycles. The quantitative estimate of drug-likeness (QED) is 0.573. The highest BCUT2D eigenvalue weighted by Gasteiger charge is 2.15. The van der Waals surface area contributed by atoms with Crippen LogP contribution < -0.4 is 4.74 Å². The van der Waals surface area contributed by atoms with E-state index < -0.39 is 5.82 Å². The first kappa shape index (κ1) is 14.8. The first-order valence-electron chi connectivity index (χ1n) is 7.38. The molecule has 0 spiro atoms. The molecule has 7 heteroatoms. The van der Waals surface area contributed by atoms with E-state index in [1.165, 1.54) is 24.5 Å². The maximum absolute atomic E-state index is 13.7. The summed E-state index contributed by atoms with van der Waals surface area (Å²) in [6.07, 6.45) is 2.91. The summed E-state index contributed by atoms with van der Waals surface area (Å²) in [5.74, 6) is -0.352. The molecule has 0 amide bonds. The molecular weight excluding hydrogens is 321 g/mol. The minimum absolute atomic E-state index is 0.0926. The van der Waals surface area contributed by atoms with Crippen LogP contribution in [0.3, 0.4) is 0 Å². The zero-order valence-corrected chi connectivity index (χ0v) is 12.8. The molecule has 4 aromatic rings. The largest absolute Gasteiger partial charge is 0.437 e. The molecule has 6 nitrogen and oxygen atoms in total. The number of rotatable bonds is 3. The summed E-state index contributed by atoms with van der Waals surface area (Å²) in [6, 6.07) is 15.5. The van der Waals surface area contributed by atoms with Crippen LogP contribution in [0.15, 0.2) is 61.1 Å². The van der Waals surface area contributed by atoms with Crippen molar-refractivity contribution < 1.29 is 9.13 Å². The van der Waals surface area contributed by atoms with Gasteiger partial charge in [-0.15, -0.1) is 0 Å². The fourth-order valence-corrected chi connectivity index (χ4v) is 2.46. The molecular formula is C18H10FN5O. The van der Waals surface area contributed by atoms with Crippen LogP contribution in [0.5, 0.6) is 11.6 Å². The van der Waals surface area contributed by atoms with Gasteiger partial charge in [0.15, 0.2) is 5.65 Å². The van der Waals surface area contributed by atoms with Gasteiger partial charge in [0.05, 0.1) is 11.9 Å². The van der Waals surface area contributed by atoms with Gasteiger partial charge in [-0.3, -0.25) is 0 Å². The van der Waals surface area contributed by atoms with Crippen molar-refractivity contribution in [2.75, 3.05) is 0 Å². The third kappa shape index (κ3) is 2.56. The summed E-state index contributed by atoms with van der Waals surface area (Å²) in [5, 5.41) is 14.0. The third-order valence-corrected chi connectivity index (χ3v) is 3.62. The third-order valence-electron chi connectivity index (χ3n) is 3.62. The molecule has 120 valence electrons. The SMILES string of the molecule is N#Cc1c(F)cccc1Oc1ncnc2c1cnn2-c1ccccc1. The minimum Gasteiger partial charge on any atom is -0.437 e. The van der Waals surface area contributed by atoms with Gasteiger partial charge in [-0.05, 0) is 24.3 Å². The number of ether oxygens (including phenoxy) is 1. The number of halogens is 1. The van der Waals surface area contributed by atoms with E-state index in [9.17, 15) is 4.39 Å². The van der Waals surface area contributed by atoms with Crippen molar-refractivity contribution in [2.45, 2.75) is 0 Å². The van der Waals surface area contributed by atoms with Gasteiger partial charge < -0.3 is 4.74 Å². The second-order valence-corrected chi connectivity index (χ2v) is 5.13. The van der Waals surface area contributed by atoms with Gasteiger partial charge in [-0.25, -0.2) is 19.0 Å². The summed E-state index contributed by atoms with van der Waals surface area (Å²) >= 11 is 0. The highest BCUT2D eigenvalue weighted by molar-refractivity contribution is 5.81. The monoisotopic (exact) mass is 331 g/mol. The standard InChI is InChI=1S/C18H10FN5O/c19-15-7-4-8-16(13(15)9-20)25-18-14-10-23-24(17(14)21-11-22-18)12-5-2-1-3-6-12/h1-8,10-11H. The Morgan fingerprint density at radius 3 is 2.68 bits per heavy atom. The van der Waals surface area contributed by atoms with Gasteiger partial charge in [0.1, 0.15) is 34.9 Å². The number of hydrogen-bond acceptors (Lipinski definition) is 5. The second kappa shape index (κ2) is 6.02. The van der Waals surface area contributed by atoms with Crippen molar-refractivity contribution in [3.05, 3.63) is 72.4 Å². The molecule has 0 aliphatic heterocycles. The lowest BCUT2D eigenvalue weighted by Gasteiger charge is -2.07. The zero-order valence-electron chi connectivity index (χ0n) is 12.8. The average Bonchev–Trinajstić information content (AvgIpc) is 3.08. The molecule has 0 atom stereocenters. The van der Waals surface area contributed by atoms with Crippen molar-refractivity contribution in [2.24, 2.45) is 0 Å². The van der Waals surface area contributed by atoms with E-state index in [1.54, 1.807) is 16.9 Å². The number of benzene rings is 2. The van der Waals surface area contributed by atoms with Crippen LogP contribution >= 0.6 is 0 Å². The molecule has 0 aliphatic carbocycles. The maximum Gasteiger partial charge on any atom is 0.233 e. The molecule has 0 aliphatic rings. The van der Waals surface area contributed by atoms with Gasteiger partial charge in [0.2, 0.25) is 5.88 Å². The average molecular weight is 331 g/mol. The molecule has 0 N–H and O–H groups in total. The summed E-state index contributed by atoms with van der Waals surface area (Å²) in [4.78, 5) is 8.35. The molecule has 25 heavy (non-hydrogen) atoms. The maximum atomic E-state index is 13.7. The lowest BCUT2D eigenvalue weighted by Crippen LogP contribution is -1.98. The van der Waals surface area contributed by atoms with Crippen LogP contribution in [0.1, 0.15) is 5.56 Å². The van der Waals surface area contributed by atoms with Crippen LogP contribution in [0.25, 0.3) is 16.7 Å². The number of hydrogen-bond donors (Lipinski definition) is 0. The normalized spacial score (nSPS) is 10.6. The molecule has 0 bridgehead atoms. The molecule has 2 heterocycles. The Hall–Kier alpha value is -3.79. The van der Waals surface area contributed by atoms with Crippen molar-refractivity contribution >= 4 is 11.0 Å². The number of nitriles is 1. The van der Waals surface area contributed by atoms with Crippen LogP contribution in [0.2, 0.25) is 0 Å². The van der Waals surface area contributed by atoms with E-state index >= 15 is 0 Å². The molecule has 2 aromatic heterocycles. The van der Waals surface area contributed by atoms with E-state index in [4.69, 9.17) is 10.00 Å².